The number of aryl methyl sites for hydroxylation is 1. The maximum Gasteiger partial charge on any atom is 0.269 e. The zero-order chi connectivity index (χ0) is 21.4. The van der Waals surface area contributed by atoms with Crippen LogP contribution in [0.15, 0.2) is 48.5 Å². The number of nitrogens with zero attached hydrogens (tertiary/aromatic N) is 1. The van der Waals surface area contributed by atoms with Crippen molar-refractivity contribution in [2.24, 2.45) is 5.92 Å². The second-order valence-electron chi connectivity index (χ2n) is 7.03. The lowest BCUT2D eigenvalue weighted by molar-refractivity contribution is -0.384. The second-order valence-corrected chi connectivity index (χ2v) is 7.03. The van der Waals surface area contributed by atoms with Crippen LogP contribution in [0.1, 0.15) is 29.8 Å². The van der Waals surface area contributed by atoms with E-state index in [2.05, 4.69) is 16.0 Å². The predicted molar refractivity (Wildman–Crippen MR) is 112 cm³/mol. The fourth-order valence-electron chi connectivity index (χ4n) is 2.79. The van der Waals surface area contributed by atoms with E-state index < -0.39 is 11.0 Å². The minimum atomic E-state index is -0.651. The number of non-ortho nitro benzene ring substituents is 1. The van der Waals surface area contributed by atoms with Gasteiger partial charge in [0.25, 0.3) is 11.6 Å². The molecule has 0 aliphatic heterocycles. The number of anilines is 1. The Bertz CT molecular complexity index is 865. The minimum Gasteiger partial charge on any atom is -0.383 e. The molecule has 0 saturated heterocycles. The molecule has 3 N–H and O–H groups in total. The number of nitro benzene ring substituents is 1. The molecule has 8 nitrogen and oxygen atoms in total. The SMILES string of the molecule is Cc1ccccc1C(=O)N[C@H](C(=O)NCCNc1ccc([N+](=O)[O-])cc1)C(C)C. The van der Waals surface area contributed by atoms with Crippen LogP contribution >= 0.6 is 0 Å². The van der Waals surface area contributed by atoms with E-state index in [4.69, 9.17) is 0 Å². The van der Waals surface area contributed by atoms with Crippen LogP contribution in [0.5, 0.6) is 0 Å². The summed E-state index contributed by atoms with van der Waals surface area (Å²) in [6.07, 6.45) is 0. The van der Waals surface area contributed by atoms with Gasteiger partial charge in [-0.1, -0.05) is 32.0 Å². The highest BCUT2D eigenvalue weighted by atomic mass is 16.6. The number of nitrogens with one attached hydrogen (secondary N) is 3. The number of amides is 2. The molecule has 154 valence electrons. The van der Waals surface area contributed by atoms with E-state index in [1.165, 1.54) is 12.1 Å². The molecule has 0 heterocycles. The molecule has 0 fully saturated rings. The van der Waals surface area contributed by atoms with Crippen molar-refractivity contribution < 1.29 is 14.5 Å². The van der Waals surface area contributed by atoms with Gasteiger partial charge in [0.1, 0.15) is 6.04 Å². The first-order valence-electron chi connectivity index (χ1n) is 9.42. The van der Waals surface area contributed by atoms with Crippen molar-refractivity contribution in [2.75, 3.05) is 18.4 Å². The summed E-state index contributed by atoms with van der Waals surface area (Å²) < 4.78 is 0. The second kappa shape index (κ2) is 10.2. The van der Waals surface area contributed by atoms with Crippen LogP contribution < -0.4 is 16.0 Å². The van der Waals surface area contributed by atoms with Crippen molar-refractivity contribution in [1.29, 1.82) is 0 Å². The first-order chi connectivity index (χ1) is 13.8. The van der Waals surface area contributed by atoms with E-state index in [1.807, 2.05) is 32.9 Å². The standard InChI is InChI=1S/C21H26N4O4/c1-14(2)19(24-20(26)18-7-5-4-6-15(18)3)21(27)23-13-12-22-16-8-10-17(11-9-16)25(28)29/h4-11,14,19,22H,12-13H2,1-3H3,(H,23,27)(H,24,26)/t19-/m0/s1. The Morgan fingerprint density at radius 1 is 1.03 bits per heavy atom. The first kappa shape index (κ1) is 21.9. The Labute approximate surface area is 169 Å². The molecule has 0 unspecified atom stereocenters. The van der Waals surface area contributed by atoms with Gasteiger partial charge in [-0.05, 0) is 36.6 Å². The van der Waals surface area contributed by atoms with Crippen molar-refractivity contribution in [2.45, 2.75) is 26.8 Å². The average Bonchev–Trinajstić information content (AvgIpc) is 2.69. The van der Waals surface area contributed by atoms with Crippen molar-refractivity contribution >= 4 is 23.2 Å². The van der Waals surface area contributed by atoms with Crippen LogP contribution in [0, 0.1) is 23.0 Å². The average molecular weight is 398 g/mol. The van der Waals surface area contributed by atoms with Crippen LogP contribution in [0.3, 0.4) is 0 Å². The summed E-state index contributed by atoms with van der Waals surface area (Å²) in [6, 6.07) is 12.6. The molecule has 0 aliphatic rings. The van der Waals surface area contributed by atoms with Gasteiger partial charge in [-0.15, -0.1) is 0 Å². The summed E-state index contributed by atoms with van der Waals surface area (Å²) in [5.41, 5.74) is 2.14. The monoisotopic (exact) mass is 398 g/mol. The van der Waals surface area contributed by atoms with Crippen LogP contribution in [0.25, 0.3) is 0 Å². The molecule has 0 saturated carbocycles. The highest BCUT2D eigenvalue weighted by molar-refractivity contribution is 5.98. The Morgan fingerprint density at radius 2 is 1.69 bits per heavy atom. The summed E-state index contributed by atoms with van der Waals surface area (Å²) in [4.78, 5) is 35.3. The van der Waals surface area contributed by atoms with Crippen LogP contribution in [0.4, 0.5) is 11.4 Å². The Kier molecular flexibility index (Phi) is 7.70. The smallest absolute Gasteiger partial charge is 0.269 e. The molecule has 29 heavy (non-hydrogen) atoms. The molecule has 0 spiro atoms. The van der Waals surface area contributed by atoms with Gasteiger partial charge >= 0.3 is 0 Å². The van der Waals surface area contributed by atoms with E-state index >= 15 is 0 Å². The van der Waals surface area contributed by atoms with E-state index in [0.29, 0.717) is 18.7 Å². The molecule has 0 bridgehead atoms. The van der Waals surface area contributed by atoms with Crippen molar-refractivity contribution in [3.63, 3.8) is 0 Å². The van der Waals surface area contributed by atoms with Crippen molar-refractivity contribution in [3.05, 3.63) is 69.8 Å². The molecule has 0 aromatic heterocycles. The zero-order valence-corrected chi connectivity index (χ0v) is 16.8. The van der Waals surface area contributed by atoms with Crippen molar-refractivity contribution in [1.82, 2.24) is 10.6 Å². The fourth-order valence-corrected chi connectivity index (χ4v) is 2.79. The molecular formula is C21H26N4O4. The number of carbonyl (C=O) groups is 2. The molecule has 2 aromatic carbocycles. The predicted octanol–water partition coefficient (Wildman–Crippen LogP) is 2.89. The largest absolute Gasteiger partial charge is 0.383 e. The van der Waals surface area contributed by atoms with E-state index in [0.717, 1.165) is 11.3 Å². The number of nitro groups is 1. The summed E-state index contributed by atoms with van der Waals surface area (Å²) in [7, 11) is 0. The molecule has 0 radical (unpaired) electrons. The third-order valence-corrected chi connectivity index (χ3v) is 4.46. The lowest BCUT2D eigenvalue weighted by Crippen LogP contribution is -2.50. The zero-order valence-electron chi connectivity index (χ0n) is 16.8. The lowest BCUT2D eigenvalue weighted by atomic mass is 10.0. The Morgan fingerprint density at radius 3 is 2.28 bits per heavy atom. The quantitative estimate of drug-likeness (QED) is 0.341. The van der Waals surface area contributed by atoms with Crippen LogP contribution in [0.2, 0.25) is 0 Å². The third-order valence-electron chi connectivity index (χ3n) is 4.46. The van der Waals surface area contributed by atoms with Gasteiger partial charge in [0, 0.05) is 36.5 Å². The lowest BCUT2D eigenvalue weighted by Gasteiger charge is -2.22. The van der Waals surface area contributed by atoms with E-state index in [-0.39, 0.29) is 23.4 Å². The summed E-state index contributed by atoms with van der Waals surface area (Å²) >= 11 is 0. The maximum absolute atomic E-state index is 12.5. The van der Waals surface area contributed by atoms with Crippen LogP contribution in [-0.4, -0.2) is 35.9 Å². The first-order valence-corrected chi connectivity index (χ1v) is 9.42. The Balaban J connectivity index is 1.85. The van der Waals surface area contributed by atoms with E-state index in [9.17, 15) is 19.7 Å². The fraction of sp³-hybridized carbons (Fsp3) is 0.333. The topological polar surface area (TPSA) is 113 Å². The Hall–Kier alpha value is -3.42. The number of hydrogen-bond donors (Lipinski definition) is 3. The third kappa shape index (κ3) is 6.31. The number of hydrogen-bond acceptors (Lipinski definition) is 5. The van der Waals surface area contributed by atoms with Gasteiger partial charge in [-0.2, -0.15) is 0 Å². The van der Waals surface area contributed by atoms with Gasteiger partial charge in [-0.25, -0.2) is 0 Å². The highest BCUT2D eigenvalue weighted by Crippen LogP contribution is 2.15. The normalized spacial score (nSPS) is 11.6. The maximum atomic E-state index is 12.5. The molecule has 8 heteroatoms. The van der Waals surface area contributed by atoms with Crippen molar-refractivity contribution in [3.8, 4) is 0 Å². The van der Waals surface area contributed by atoms with Crippen LogP contribution in [-0.2, 0) is 4.79 Å². The van der Waals surface area contributed by atoms with Gasteiger partial charge in [-0.3, -0.25) is 19.7 Å². The van der Waals surface area contributed by atoms with Gasteiger partial charge < -0.3 is 16.0 Å². The molecule has 1 atom stereocenters. The molecule has 2 amide bonds. The molecule has 2 aromatic rings. The highest BCUT2D eigenvalue weighted by Gasteiger charge is 2.24. The summed E-state index contributed by atoms with van der Waals surface area (Å²) in [5, 5.41) is 19.4. The summed E-state index contributed by atoms with van der Waals surface area (Å²) in [6.45, 7) is 6.39. The van der Waals surface area contributed by atoms with Gasteiger partial charge in [0.2, 0.25) is 5.91 Å². The number of rotatable bonds is 9. The summed E-state index contributed by atoms with van der Waals surface area (Å²) in [5.74, 6) is -0.612. The van der Waals surface area contributed by atoms with Gasteiger partial charge in [0.15, 0.2) is 0 Å². The minimum absolute atomic E-state index is 0.0213. The number of carbonyl (C=O) groups excluding carboxylic acids is 2. The van der Waals surface area contributed by atoms with E-state index in [1.54, 1.807) is 24.3 Å². The molecule has 0 aliphatic carbocycles. The molecular weight excluding hydrogens is 372 g/mol. The van der Waals surface area contributed by atoms with Gasteiger partial charge in [0.05, 0.1) is 4.92 Å². The molecule has 2 rings (SSSR count). The number of benzene rings is 2.